The first-order valence-corrected chi connectivity index (χ1v) is 9.03. The molecule has 0 aliphatic carbocycles. The number of nitrogens with zero attached hydrogens (tertiary/aromatic N) is 2. The molecule has 0 bridgehead atoms. The zero-order chi connectivity index (χ0) is 18.0. The van der Waals surface area contributed by atoms with Gasteiger partial charge in [0.1, 0.15) is 12.6 Å². The minimum absolute atomic E-state index is 0.0534. The molecule has 25 heavy (non-hydrogen) atoms. The van der Waals surface area contributed by atoms with E-state index < -0.39 is 6.04 Å². The molecule has 2 atom stereocenters. The third-order valence-corrected chi connectivity index (χ3v) is 5.06. The summed E-state index contributed by atoms with van der Waals surface area (Å²) in [6.45, 7) is 4.46. The summed E-state index contributed by atoms with van der Waals surface area (Å²) < 4.78 is 0. The van der Waals surface area contributed by atoms with E-state index in [9.17, 15) is 14.4 Å². The van der Waals surface area contributed by atoms with Crippen LogP contribution >= 0.6 is 0 Å². The first-order valence-electron chi connectivity index (χ1n) is 9.03. The number of piperidine rings is 1. The van der Waals surface area contributed by atoms with Crippen LogP contribution in [0.25, 0.3) is 0 Å². The Morgan fingerprint density at radius 1 is 1.28 bits per heavy atom. The lowest BCUT2D eigenvalue weighted by molar-refractivity contribution is -0.127. The largest absolute Gasteiger partial charge is 0.352 e. The van der Waals surface area contributed by atoms with Crippen LogP contribution in [0.1, 0.15) is 49.9 Å². The maximum absolute atomic E-state index is 13.1. The summed E-state index contributed by atoms with van der Waals surface area (Å²) in [6, 6.07) is 6.66. The van der Waals surface area contributed by atoms with Gasteiger partial charge in [0.2, 0.25) is 11.8 Å². The highest BCUT2D eigenvalue weighted by atomic mass is 16.2. The van der Waals surface area contributed by atoms with Gasteiger partial charge in [-0.15, -0.1) is 0 Å². The normalized spacial score (nSPS) is 21.3. The fourth-order valence-electron chi connectivity index (χ4n) is 3.50. The van der Waals surface area contributed by atoms with Crippen molar-refractivity contribution in [3.05, 3.63) is 29.8 Å². The van der Waals surface area contributed by atoms with Gasteiger partial charge >= 0.3 is 0 Å². The van der Waals surface area contributed by atoms with Gasteiger partial charge < -0.3 is 15.1 Å². The van der Waals surface area contributed by atoms with E-state index in [0.717, 1.165) is 19.3 Å². The maximum atomic E-state index is 13.1. The Morgan fingerprint density at radius 2 is 2.04 bits per heavy atom. The quantitative estimate of drug-likeness (QED) is 0.908. The Bertz CT molecular complexity index is 688. The molecule has 2 unspecified atom stereocenters. The molecule has 3 rings (SSSR count). The molecular formula is C19H25N3O3. The summed E-state index contributed by atoms with van der Waals surface area (Å²) in [7, 11) is 0. The second-order valence-corrected chi connectivity index (χ2v) is 6.83. The monoisotopic (exact) mass is 343 g/mol. The fourth-order valence-corrected chi connectivity index (χ4v) is 3.50. The number of hydrogen-bond acceptors (Lipinski definition) is 3. The molecule has 1 fully saturated rings. The first kappa shape index (κ1) is 17.5. The van der Waals surface area contributed by atoms with Crippen molar-refractivity contribution in [3.63, 3.8) is 0 Å². The smallest absolute Gasteiger partial charge is 0.256 e. The van der Waals surface area contributed by atoms with E-state index in [1.165, 1.54) is 4.90 Å². The number of para-hydroxylation sites is 1. The molecule has 0 aromatic heterocycles. The SMILES string of the molecule is CCC(C)NC(=O)CN1C(=O)C2CCCCN2C(=O)c2ccccc21. The van der Waals surface area contributed by atoms with Crippen molar-refractivity contribution in [1.29, 1.82) is 0 Å². The molecule has 2 aliphatic rings. The molecule has 6 nitrogen and oxygen atoms in total. The van der Waals surface area contributed by atoms with E-state index in [-0.39, 0.29) is 30.3 Å². The molecule has 1 aromatic carbocycles. The number of amides is 3. The van der Waals surface area contributed by atoms with Crippen molar-refractivity contribution in [2.24, 2.45) is 0 Å². The molecule has 0 radical (unpaired) electrons. The van der Waals surface area contributed by atoms with E-state index in [2.05, 4.69) is 5.32 Å². The third-order valence-electron chi connectivity index (χ3n) is 5.06. The number of carbonyl (C=O) groups is 3. The van der Waals surface area contributed by atoms with Crippen molar-refractivity contribution >= 4 is 23.4 Å². The van der Waals surface area contributed by atoms with E-state index in [0.29, 0.717) is 24.2 Å². The number of nitrogens with one attached hydrogen (secondary N) is 1. The zero-order valence-electron chi connectivity index (χ0n) is 14.8. The van der Waals surface area contributed by atoms with Crippen LogP contribution in [0.3, 0.4) is 0 Å². The topological polar surface area (TPSA) is 69.7 Å². The van der Waals surface area contributed by atoms with Crippen LogP contribution < -0.4 is 10.2 Å². The molecule has 3 amide bonds. The Kier molecular flexibility index (Phi) is 5.06. The summed E-state index contributed by atoms with van der Waals surface area (Å²) in [5.74, 6) is -0.468. The Hall–Kier alpha value is -2.37. The summed E-state index contributed by atoms with van der Waals surface area (Å²) in [4.78, 5) is 41.6. The Balaban J connectivity index is 1.95. The Labute approximate surface area is 148 Å². The van der Waals surface area contributed by atoms with Crippen LogP contribution in [0, 0.1) is 0 Å². The zero-order valence-corrected chi connectivity index (χ0v) is 14.8. The predicted octanol–water partition coefficient (Wildman–Crippen LogP) is 1.94. The highest BCUT2D eigenvalue weighted by Crippen LogP contribution is 2.31. The van der Waals surface area contributed by atoms with Crippen molar-refractivity contribution in [2.45, 2.75) is 51.6 Å². The lowest BCUT2D eigenvalue weighted by Gasteiger charge is -2.34. The minimum Gasteiger partial charge on any atom is -0.352 e. The van der Waals surface area contributed by atoms with Gasteiger partial charge in [0, 0.05) is 12.6 Å². The van der Waals surface area contributed by atoms with E-state index >= 15 is 0 Å². The van der Waals surface area contributed by atoms with Gasteiger partial charge in [-0.1, -0.05) is 19.1 Å². The van der Waals surface area contributed by atoms with E-state index in [1.54, 1.807) is 29.2 Å². The predicted molar refractivity (Wildman–Crippen MR) is 95.4 cm³/mol. The van der Waals surface area contributed by atoms with Crippen molar-refractivity contribution in [1.82, 2.24) is 10.2 Å². The summed E-state index contributed by atoms with van der Waals surface area (Å²) >= 11 is 0. The van der Waals surface area contributed by atoms with Crippen molar-refractivity contribution < 1.29 is 14.4 Å². The van der Waals surface area contributed by atoms with Gasteiger partial charge in [0.05, 0.1) is 11.3 Å². The van der Waals surface area contributed by atoms with Crippen molar-refractivity contribution in [2.75, 3.05) is 18.0 Å². The number of rotatable bonds is 4. The molecule has 6 heteroatoms. The highest BCUT2D eigenvalue weighted by molar-refractivity contribution is 6.12. The van der Waals surface area contributed by atoms with E-state index in [4.69, 9.17) is 0 Å². The minimum atomic E-state index is -0.468. The number of benzene rings is 1. The van der Waals surface area contributed by atoms with Crippen LogP contribution in [-0.4, -0.2) is 47.8 Å². The van der Waals surface area contributed by atoms with Gasteiger partial charge in [-0.05, 0) is 44.7 Å². The summed E-state index contributed by atoms with van der Waals surface area (Å²) in [5, 5.41) is 2.90. The summed E-state index contributed by atoms with van der Waals surface area (Å²) in [5.41, 5.74) is 1.03. The van der Waals surface area contributed by atoms with Gasteiger partial charge in [0.25, 0.3) is 5.91 Å². The highest BCUT2D eigenvalue weighted by Gasteiger charge is 2.40. The molecule has 2 heterocycles. The number of hydrogen-bond donors (Lipinski definition) is 1. The molecule has 0 saturated carbocycles. The van der Waals surface area contributed by atoms with Crippen LogP contribution in [0.2, 0.25) is 0 Å². The molecule has 2 aliphatic heterocycles. The molecular weight excluding hydrogens is 318 g/mol. The van der Waals surface area contributed by atoms with Crippen LogP contribution in [-0.2, 0) is 9.59 Å². The van der Waals surface area contributed by atoms with Crippen LogP contribution in [0.15, 0.2) is 24.3 Å². The standard InChI is InChI=1S/C19H25N3O3/c1-3-13(2)20-17(23)12-22-15-9-5-4-8-14(15)18(24)21-11-7-6-10-16(21)19(22)25/h4-5,8-9,13,16H,3,6-7,10-12H2,1-2H3,(H,20,23). The summed E-state index contributed by atoms with van der Waals surface area (Å²) in [6.07, 6.45) is 3.31. The van der Waals surface area contributed by atoms with Crippen LogP contribution in [0.5, 0.6) is 0 Å². The van der Waals surface area contributed by atoms with Gasteiger partial charge in [-0.2, -0.15) is 0 Å². The van der Waals surface area contributed by atoms with Gasteiger partial charge in [-0.3, -0.25) is 14.4 Å². The van der Waals surface area contributed by atoms with Gasteiger partial charge in [-0.25, -0.2) is 0 Å². The number of carbonyl (C=O) groups excluding carboxylic acids is 3. The molecule has 1 aromatic rings. The molecule has 134 valence electrons. The fraction of sp³-hybridized carbons (Fsp3) is 0.526. The molecule has 1 saturated heterocycles. The molecule has 1 N–H and O–H groups in total. The van der Waals surface area contributed by atoms with E-state index in [1.807, 2.05) is 13.8 Å². The lowest BCUT2D eigenvalue weighted by Crippen LogP contribution is -2.52. The van der Waals surface area contributed by atoms with Crippen LogP contribution in [0.4, 0.5) is 5.69 Å². The van der Waals surface area contributed by atoms with Crippen molar-refractivity contribution in [3.8, 4) is 0 Å². The number of fused-ring (bicyclic) bond motifs is 2. The lowest BCUT2D eigenvalue weighted by atomic mass is 10.0. The molecule has 0 spiro atoms. The second-order valence-electron chi connectivity index (χ2n) is 6.83. The Morgan fingerprint density at radius 3 is 2.80 bits per heavy atom. The second kappa shape index (κ2) is 7.25. The third kappa shape index (κ3) is 3.38. The average molecular weight is 343 g/mol. The first-order chi connectivity index (χ1) is 12.0. The van der Waals surface area contributed by atoms with Gasteiger partial charge in [0.15, 0.2) is 0 Å². The maximum Gasteiger partial charge on any atom is 0.256 e. The average Bonchev–Trinajstić information content (AvgIpc) is 2.72. The number of anilines is 1.